The minimum atomic E-state index is -0.244. The van der Waals surface area contributed by atoms with Gasteiger partial charge in [-0.3, -0.25) is 4.98 Å². The molecule has 0 aliphatic carbocycles. The summed E-state index contributed by atoms with van der Waals surface area (Å²) in [6.07, 6.45) is 4.92. The largest absolute Gasteiger partial charge is 0.396 e. The molecule has 0 atom stereocenters. The van der Waals surface area contributed by atoms with Crippen LogP contribution in [0.2, 0.25) is 0 Å². The molecule has 2 aromatic heterocycles. The molecule has 1 aromatic carbocycles. The molecule has 0 bridgehead atoms. The molecule has 142 valence electrons. The van der Waals surface area contributed by atoms with Crippen LogP contribution in [0.4, 0.5) is 4.39 Å². The minimum Gasteiger partial charge on any atom is -0.396 e. The van der Waals surface area contributed by atoms with Gasteiger partial charge in [0.2, 0.25) is 0 Å². The summed E-state index contributed by atoms with van der Waals surface area (Å²) in [6, 6.07) is 10.6. The van der Waals surface area contributed by atoms with Crippen LogP contribution in [0.3, 0.4) is 0 Å². The first-order valence-corrected chi connectivity index (χ1v) is 9.92. The molecule has 0 radical (unpaired) electrons. The van der Waals surface area contributed by atoms with Gasteiger partial charge in [0.05, 0.1) is 5.69 Å². The van der Waals surface area contributed by atoms with Crippen molar-refractivity contribution in [2.45, 2.75) is 49.1 Å². The summed E-state index contributed by atoms with van der Waals surface area (Å²) in [5.74, 6) is 0.947. The number of rotatable bonds is 8. The summed E-state index contributed by atoms with van der Waals surface area (Å²) >= 11 is 1.54. The Labute approximate surface area is 163 Å². The summed E-state index contributed by atoms with van der Waals surface area (Å²) < 4.78 is 15.9. The molecule has 0 aliphatic heterocycles. The van der Waals surface area contributed by atoms with Gasteiger partial charge >= 0.3 is 0 Å². The first-order chi connectivity index (χ1) is 13.1. The van der Waals surface area contributed by atoms with Gasteiger partial charge in [0.1, 0.15) is 16.7 Å². The van der Waals surface area contributed by atoms with Crippen molar-refractivity contribution in [2.75, 3.05) is 6.61 Å². The second-order valence-corrected chi connectivity index (χ2v) is 7.76. The van der Waals surface area contributed by atoms with Crippen molar-refractivity contribution >= 4 is 11.8 Å². The Kier molecular flexibility index (Phi) is 6.63. The number of benzene rings is 1. The van der Waals surface area contributed by atoms with Gasteiger partial charge in [-0.25, -0.2) is 9.37 Å². The number of imidazole rings is 1. The predicted molar refractivity (Wildman–Crippen MR) is 106 cm³/mol. The van der Waals surface area contributed by atoms with Gasteiger partial charge in [-0.15, -0.1) is 0 Å². The maximum absolute atomic E-state index is 13.7. The third-order valence-corrected chi connectivity index (χ3v) is 5.34. The number of aryl methyl sites for hydroxylation is 1. The Morgan fingerprint density at radius 3 is 2.63 bits per heavy atom. The van der Waals surface area contributed by atoms with Crippen LogP contribution < -0.4 is 0 Å². The molecule has 0 saturated heterocycles. The van der Waals surface area contributed by atoms with E-state index in [0.29, 0.717) is 19.4 Å². The monoisotopic (exact) mass is 385 g/mol. The Hall–Kier alpha value is -2.18. The topological polar surface area (TPSA) is 50.9 Å². The second kappa shape index (κ2) is 9.15. The lowest BCUT2D eigenvalue weighted by atomic mass is 10.1. The van der Waals surface area contributed by atoms with Gasteiger partial charge in [0, 0.05) is 36.9 Å². The highest BCUT2D eigenvalue weighted by atomic mass is 32.2. The zero-order valence-electron chi connectivity index (χ0n) is 15.6. The van der Waals surface area contributed by atoms with Gasteiger partial charge in [-0.1, -0.05) is 31.7 Å². The molecule has 0 saturated carbocycles. The number of hydrogen-bond donors (Lipinski definition) is 1. The average molecular weight is 386 g/mol. The number of hydrogen-bond acceptors (Lipinski definition) is 4. The molecule has 0 fully saturated rings. The Morgan fingerprint density at radius 1 is 1.19 bits per heavy atom. The highest BCUT2D eigenvalue weighted by Crippen LogP contribution is 2.35. The van der Waals surface area contributed by atoms with Crippen LogP contribution in [0.15, 0.2) is 58.7 Å². The molecular formula is C21H24FN3OS. The van der Waals surface area contributed by atoms with Gasteiger partial charge in [-0.2, -0.15) is 0 Å². The van der Waals surface area contributed by atoms with Gasteiger partial charge < -0.3 is 9.67 Å². The van der Waals surface area contributed by atoms with E-state index in [1.54, 1.807) is 24.5 Å². The van der Waals surface area contributed by atoms with Crippen molar-refractivity contribution in [1.82, 2.24) is 14.5 Å². The standard InChI is InChI=1S/C21H24FN3OS/c1-15(2)20-21(27-18-6-3-5-17(22)13-18)25(19(24-20)7-4-12-26)14-16-8-10-23-11-9-16/h3,5-6,8-11,13,15,26H,4,7,12,14H2,1-2H3. The van der Waals surface area contributed by atoms with E-state index in [1.807, 2.05) is 18.2 Å². The van der Waals surface area contributed by atoms with Crippen LogP contribution in [-0.2, 0) is 13.0 Å². The van der Waals surface area contributed by atoms with Gasteiger partial charge in [-0.05, 0) is 48.2 Å². The van der Waals surface area contributed by atoms with Crippen LogP contribution >= 0.6 is 11.8 Å². The lowest BCUT2D eigenvalue weighted by molar-refractivity contribution is 0.287. The van der Waals surface area contributed by atoms with Crippen LogP contribution in [0.1, 0.15) is 43.3 Å². The molecule has 1 N–H and O–H groups in total. The van der Waals surface area contributed by atoms with Crippen molar-refractivity contribution in [3.8, 4) is 0 Å². The fourth-order valence-corrected chi connectivity index (χ4v) is 4.10. The fraction of sp³-hybridized carbons (Fsp3) is 0.333. The maximum atomic E-state index is 13.7. The third-order valence-electron chi connectivity index (χ3n) is 4.23. The van der Waals surface area contributed by atoms with Crippen LogP contribution in [-0.4, -0.2) is 26.2 Å². The highest BCUT2D eigenvalue weighted by molar-refractivity contribution is 7.99. The van der Waals surface area contributed by atoms with E-state index < -0.39 is 0 Å². The predicted octanol–water partition coefficient (Wildman–Crippen LogP) is 4.67. The molecule has 27 heavy (non-hydrogen) atoms. The Morgan fingerprint density at radius 2 is 1.96 bits per heavy atom. The van der Waals surface area contributed by atoms with Crippen molar-refractivity contribution < 1.29 is 9.50 Å². The van der Waals surface area contributed by atoms with Crippen LogP contribution in [0, 0.1) is 5.82 Å². The smallest absolute Gasteiger partial charge is 0.124 e. The van der Waals surface area contributed by atoms with E-state index in [2.05, 4.69) is 23.4 Å². The molecule has 3 aromatic rings. The molecule has 4 nitrogen and oxygen atoms in total. The van der Waals surface area contributed by atoms with Gasteiger partial charge in [0.15, 0.2) is 0 Å². The Bertz CT molecular complexity index is 880. The Balaban J connectivity index is 2.05. The molecule has 0 amide bonds. The van der Waals surface area contributed by atoms with E-state index in [4.69, 9.17) is 4.98 Å². The summed E-state index contributed by atoms with van der Waals surface area (Å²) in [4.78, 5) is 9.82. The fourth-order valence-electron chi connectivity index (χ4n) is 2.89. The summed E-state index contributed by atoms with van der Waals surface area (Å²) in [5.41, 5.74) is 2.13. The molecule has 6 heteroatoms. The number of pyridine rings is 1. The summed E-state index contributed by atoms with van der Waals surface area (Å²) in [5, 5.41) is 10.3. The summed E-state index contributed by atoms with van der Waals surface area (Å²) in [7, 11) is 0. The molecule has 0 spiro atoms. The quantitative estimate of drug-likeness (QED) is 0.612. The number of aliphatic hydroxyl groups excluding tert-OH is 1. The SMILES string of the molecule is CC(C)c1nc(CCCO)n(Cc2ccncc2)c1Sc1cccc(F)c1. The first kappa shape index (κ1) is 19.6. The van der Waals surface area contributed by atoms with Crippen molar-refractivity contribution in [3.63, 3.8) is 0 Å². The van der Waals surface area contributed by atoms with E-state index >= 15 is 0 Å². The van der Waals surface area contributed by atoms with Crippen molar-refractivity contribution in [1.29, 1.82) is 0 Å². The number of halogens is 1. The van der Waals surface area contributed by atoms with Crippen LogP contribution in [0.25, 0.3) is 0 Å². The number of aliphatic hydroxyl groups is 1. The van der Waals surface area contributed by atoms with Crippen molar-refractivity contribution in [3.05, 3.63) is 71.7 Å². The van der Waals surface area contributed by atoms with Gasteiger partial charge in [0.25, 0.3) is 0 Å². The van der Waals surface area contributed by atoms with E-state index in [1.165, 1.54) is 17.8 Å². The molecule has 0 unspecified atom stereocenters. The average Bonchev–Trinajstić information content (AvgIpc) is 2.98. The minimum absolute atomic E-state index is 0.130. The van der Waals surface area contributed by atoms with Crippen LogP contribution in [0.5, 0.6) is 0 Å². The maximum Gasteiger partial charge on any atom is 0.124 e. The lowest BCUT2D eigenvalue weighted by Crippen LogP contribution is -2.07. The van der Waals surface area contributed by atoms with E-state index in [-0.39, 0.29) is 18.3 Å². The lowest BCUT2D eigenvalue weighted by Gasteiger charge is -2.13. The van der Waals surface area contributed by atoms with E-state index in [0.717, 1.165) is 27.0 Å². The number of aromatic nitrogens is 3. The number of nitrogens with zero attached hydrogens (tertiary/aromatic N) is 3. The molecule has 0 aliphatic rings. The molecule has 3 rings (SSSR count). The zero-order chi connectivity index (χ0) is 19.2. The third kappa shape index (κ3) is 4.96. The zero-order valence-corrected chi connectivity index (χ0v) is 16.4. The summed E-state index contributed by atoms with van der Waals surface area (Å²) in [6.45, 7) is 5.03. The van der Waals surface area contributed by atoms with E-state index in [9.17, 15) is 9.50 Å². The molecular weight excluding hydrogens is 361 g/mol. The molecule has 2 heterocycles. The highest BCUT2D eigenvalue weighted by Gasteiger charge is 2.20. The normalized spacial score (nSPS) is 11.3. The van der Waals surface area contributed by atoms with Crippen molar-refractivity contribution in [2.24, 2.45) is 0 Å². The first-order valence-electron chi connectivity index (χ1n) is 9.11. The second-order valence-electron chi connectivity index (χ2n) is 6.70.